The third kappa shape index (κ3) is 3.98. The molecule has 0 bridgehead atoms. The van der Waals surface area contributed by atoms with Crippen molar-refractivity contribution >= 4 is 17.7 Å². The van der Waals surface area contributed by atoms with Crippen LogP contribution >= 0.6 is 11.8 Å². The molecule has 0 spiro atoms. The fourth-order valence-electron chi connectivity index (χ4n) is 2.95. The topological polar surface area (TPSA) is 71.0 Å². The highest BCUT2D eigenvalue weighted by molar-refractivity contribution is 8.00. The van der Waals surface area contributed by atoms with E-state index in [9.17, 15) is 4.79 Å². The van der Waals surface area contributed by atoms with Crippen molar-refractivity contribution in [3.63, 3.8) is 0 Å². The Morgan fingerprint density at radius 2 is 2.26 bits per heavy atom. The normalized spacial score (nSPS) is 25.4. The minimum atomic E-state index is -0.806. The van der Waals surface area contributed by atoms with Gasteiger partial charge < -0.3 is 14.6 Å². The molecule has 2 heterocycles. The van der Waals surface area contributed by atoms with Gasteiger partial charge in [-0.2, -0.15) is 0 Å². The number of nitrogens with one attached hydrogen (secondary N) is 1. The maximum Gasteiger partial charge on any atom is 0.331 e. The minimum Gasteiger partial charge on any atom is -0.496 e. The summed E-state index contributed by atoms with van der Waals surface area (Å²) in [6, 6.07) is 6.20. The van der Waals surface area contributed by atoms with Crippen molar-refractivity contribution < 1.29 is 19.4 Å². The number of nitrogens with zero attached hydrogens (tertiary/aromatic N) is 1. The van der Waals surface area contributed by atoms with Crippen LogP contribution in [0.3, 0.4) is 0 Å². The number of aliphatic carboxylic acids is 1. The van der Waals surface area contributed by atoms with Gasteiger partial charge in [0.2, 0.25) is 0 Å². The fraction of sp³-hybridized carbons (Fsp3) is 0.562. The second-order valence-corrected chi connectivity index (χ2v) is 6.87. The fourth-order valence-corrected chi connectivity index (χ4v) is 4.02. The molecule has 0 amide bonds. The average molecular weight is 338 g/mol. The molecule has 2 aliphatic heterocycles. The van der Waals surface area contributed by atoms with E-state index in [1.54, 1.807) is 7.11 Å². The summed E-state index contributed by atoms with van der Waals surface area (Å²) >= 11 is 1.44. The monoisotopic (exact) mass is 338 g/mol. The van der Waals surface area contributed by atoms with E-state index in [1.165, 1.54) is 11.8 Å². The predicted molar refractivity (Wildman–Crippen MR) is 88.8 cm³/mol. The molecule has 126 valence electrons. The van der Waals surface area contributed by atoms with E-state index in [-0.39, 0.29) is 6.04 Å². The van der Waals surface area contributed by atoms with Crippen molar-refractivity contribution in [2.75, 3.05) is 39.2 Å². The van der Waals surface area contributed by atoms with Gasteiger partial charge in [-0.15, -0.1) is 11.8 Å². The van der Waals surface area contributed by atoms with E-state index in [0.29, 0.717) is 0 Å². The van der Waals surface area contributed by atoms with Gasteiger partial charge in [0.25, 0.3) is 0 Å². The molecule has 2 aliphatic rings. The molecule has 0 aliphatic carbocycles. The quantitative estimate of drug-likeness (QED) is 0.839. The SMILES string of the molecule is COc1ccc([C@@H]2CS[C@H](C(=O)O)N2)cc1CN1CCOCC1. The van der Waals surface area contributed by atoms with E-state index in [0.717, 1.165) is 55.5 Å². The lowest BCUT2D eigenvalue weighted by Crippen LogP contribution is -2.35. The van der Waals surface area contributed by atoms with E-state index >= 15 is 0 Å². The van der Waals surface area contributed by atoms with Crippen LogP contribution in [-0.4, -0.2) is 60.5 Å². The summed E-state index contributed by atoms with van der Waals surface area (Å²) in [5.41, 5.74) is 2.25. The van der Waals surface area contributed by atoms with Crippen molar-refractivity contribution in [1.82, 2.24) is 10.2 Å². The van der Waals surface area contributed by atoms with Crippen molar-refractivity contribution in [2.45, 2.75) is 18.0 Å². The molecule has 2 N–H and O–H groups in total. The molecule has 2 atom stereocenters. The molecule has 0 aromatic heterocycles. The summed E-state index contributed by atoms with van der Waals surface area (Å²) in [5.74, 6) is 0.834. The summed E-state index contributed by atoms with van der Waals surface area (Å²) < 4.78 is 10.9. The molecular formula is C16H22N2O4S. The minimum absolute atomic E-state index is 0.0652. The summed E-state index contributed by atoms with van der Waals surface area (Å²) in [7, 11) is 1.68. The molecular weight excluding hydrogens is 316 g/mol. The first kappa shape index (κ1) is 16.6. The van der Waals surface area contributed by atoms with Crippen molar-refractivity contribution in [1.29, 1.82) is 0 Å². The van der Waals surface area contributed by atoms with E-state index < -0.39 is 11.3 Å². The first-order valence-corrected chi connectivity index (χ1v) is 8.79. The summed E-state index contributed by atoms with van der Waals surface area (Å²) in [6.45, 7) is 4.20. The highest BCUT2D eigenvalue weighted by Crippen LogP contribution is 2.32. The van der Waals surface area contributed by atoms with Gasteiger partial charge in [-0.3, -0.25) is 10.2 Å². The molecule has 7 heteroatoms. The number of carboxylic acid groups (broad SMARTS) is 1. The summed E-state index contributed by atoms with van der Waals surface area (Å²) in [4.78, 5) is 13.4. The molecule has 1 aromatic carbocycles. The Labute approximate surface area is 140 Å². The van der Waals surface area contributed by atoms with Crippen LogP contribution in [0.5, 0.6) is 5.75 Å². The lowest BCUT2D eigenvalue weighted by Gasteiger charge is -2.27. The predicted octanol–water partition coefficient (Wildman–Crippen LogP) is 1.32. The van der Waals surface area contributed by atoms with E-state index in [2.05, 4.69) is 16.3 Å². The van der Waals surface area contributed by atoms with Gasteiger partial charge in [-0.05, 0) is 17.7 Å². The molecule has 23 heavy (non-hydrogen) atoms. The Balaban J connectivity index is 1.74. The molecule has 3 rings (SSSR count). The molecule has 2 fully saturated rings. The lowest BCUT2D eigenvalue weighted by atomic mass is 10.0. The van der Waals surface area contributed by atoms with Crippen LogP contribution in [0, 0.1) is 0 Å². The maximum atomic E-state index is 11.1. The third-order valence-electron chi connectivity index (χ3n) is 4.21. The number of rotatable bonds is 5. The Bertz CT molecular complexity index is 563. The van der Waals surface area contributed by atoms with Gasteiger partial charge in [0.1, 0.15) is 5.75 Å². The highest BCUT2D eigenvalue weighted by atomic mass is 32.2. The lowest BCUT2D eigenvalue weighted by molar-refractivity contribution is -0.137. The van der Waals surface area contributed by atoms with Gasteiger partial charge in [0.05, 0.1) is 20.3 Å². The van der Waals surface area contributed by atoms with Crippen LogP contribution in [0.2, 0.25) is 0 Å². The largest absolute Gasteiger partial charge is 0.496 e. The van der Waals surface area contributed by atoms with Crippen LogP contribution in [0.15, 0.2) is 18.2 Å². The van der Waals surface area contributed by atoms with Gasteiger partial charge in [-0.1, -0.05) is 6.07 Å². The van der Waals surface area contributed by atoms with Crippen molar-refractivity contribution in [2.24, 2.45) is 0 Å². The number of morpholine rings is 1. The standard InChI is InChI=1S/C16H22N2O4S/c1-21-14-3-2-11(13-10-23-15(17-13)16(19)20)8-12(14)9-18-4-6-22-7-5-18/h2-3,8,13,15,17H,4-7,9-10H2,1H3,(H,19,20)/t13-,15+/m0/s1. The molecule has 0 unspecified atom stereocenters. The molecule has 0 saturated carbocycles. The highest BCUT2D eigenvalue weighted by Gasteiger charge is 2.30. The number of hydrogen-bond acceptors (Lipinski definition) is 6. The molecule has 6 nitrogen and oxygen atoms in total. The van der Waals surface area contributed by atoms with Crippen LogP contribution in [-0.2, 0) is 16.1 Å². The number of benzene rings is 1. The van der Waals surface area contributed by atoms with Crippen LogP contribution in [0.4, 0.5) is 0 Å². The van der Waals surface area contributed by atoms with Gasteiger partial charge in [0.15, 0.2) is 5.37 Å². The zero-order valence-electron chi connectivity index (χ0n) is 13.2. The smallest absolute Gasteiger partial charge is 0.331 e. The van der Waals surface area contributed by atoms with Crippen LogP contribution in [0.1, 0.15) is 17.2 Å². The number of carbonyl (C=O) groups is 1. The first-order chi connectivity index (χ1) is 11.2. The molecule has 1 aromatic rings. The third-order valence-corrected chi connectivity index (χ3v) is 5.41. The van der Waals surface area contributed by atoms with E-state index in [1.807, 2.05) is 12.1 Å². The number of ether oxygens (including phenoxy) is 2. The number of methoxy groups -OCH3 is 1. The van der Waals surface area contributed by atoms with Gasteiger partial charge in [0, 0.05) is 37.0 Å². The van der Waals surface area contributed by atoms with Crippen molar-refractivity contribution in [3.05, 3.63) is 29.3 Å². The Hall–Kier alpha value is -1.28. The van der Waals surface area contributed by atoms with Gasteiger partial charge >= 0.3 is 5.97 Å². The molecule has 0 radical (unpaired) electrons. The maximum absolute atomic E-state index is 11.1. The Morgan fingerprint density at radius 3 is 2.91 bits per heavy atom. The molecule has 2 saturated heterocycles. The van der Waals surface area contributed by atoms with E-state index in [4.69, 9.17) is 14.6 Å². The van der Waals surface area contributed by atoms with Gasteiger partial charge in [-0.25, -0.2) is 4.79 Å². The Kier molecular flexibility index (Phi) is 5.42. The number of hydrogen-bond donors (Lipinski definition) is 2. The number of carboxylic acids is 1. The zero-order chi connectivity index (χ0) is 16.2. The van der Waals surface area contributed by atoms with Crippen molar-refractivity contribution in [3.8, 4) is 5.75 Å². The second kappa shape index (κ2) is 7.53. The van der Waals surface area contributed by atoms with Crippen LogP contribution in [0.25, 0.3) is 0 Å². The van der Waals surface area contributed by atoms with Crippen LogP contribution < -0.4 is 10.1 Å². The summed E-state index contributed by atoms with van der Waals surface area (Å²) in [5, 5.41) is 11.7. The first-order valence-electron chi connectivity index (χ1n) is 7.75. The zero-order valence-corrected chi connectivity index (χ0v) is 14.0. The number of thioether (sulfide) groups is 1. The second-order valence-electron chi connectivity index (χ2n) is 5.73. The Morgan fingerprint density at radius 1 is 1.48 bits per heavy atom. The summed E-state index contributed by atoms with van der Waals surface area (Å²) in [6.07, 6.45) is 0. The average Bonchev–Trinajstić information content (AvgIpc) is 3.06.